The molecule has 0 saturated carbocycles. The highest BCUT2D eigenvalue weighted by Gasteiger charge is 2.19. The molecule has 0 saturated heterocycles. The lowest BCUT2D eigenvalue weighted by molar-refractivity contribution is 0.438. The molecule has 0 radical (unpaired) electrons. The fourth-order valence-corrected chi connectivity index (χ4v) is 2.49. The van der Waals surface area contributed by atoms with Gasteiger partial charge in [-0.1, -0.05) is 24.3 Å². The Hall–Kier alpha value is -1.69. The Morgan fingerprint density at radius 1 is 1.16 bits per heavy atom. The van der Waals surface area contributed by atoms with E-state index in [4.69, 9.17) is 10.3 Å². The van der Waals surface area contributed by atoms with Crippen LogP contribution in [0.2, 0.25) is 0 Å². The number of hydrogen-bond acceptors (Lipinski definition) is 4. The maximum Gasteiger partial charge on any atom is 0.169 e. The highest BCUT2D eigenvalue weighted by atomic mass is 79.9. The summed E-state index contributed by atoms with van der Waals surface area (Å²) in [7, 11) is 0. The van der Waals surface area contributed by atoms with Crippen LogP contribution in [0.3, 0.4) is 0 Å². The average Bonchev–Trinajstić information content (AvgIpc) is 2.86. The molecule has 3 aromatic rings. The van der Waals surface area contributed by atoms with Gasteiger partial charge in [0, 0.05) is 17.1 Å². The van der Waals surface area contributed by atoms with Gasteiger partial charge in [0.15, 0.2) is 4.67 Å². The number of benzene rings is 1. The van der Waals surface area contributed by atoms with Gasteiger partial charge in [0.2, 0.25) is 0 Å². The van der Waals surface area contributed by atoms with Crippen molar-refractivity contribution >= 4 is 26.8 Å². The molecular formula is C14H12BrN3O. The predicted molar refractivity (Wildman–Crippen MR) is 77.3 cm³/mol. The fraction of sp³-hybridized carbons (Fsp3) is 0.0714. The van der Waals surface area contributed by atoms with Gasteiger partial charge in [0.1, 0.15) is 11.8 Å². The van der Waals surface area contributed by atoms with Gasteiger partial charge in [0.05, 0.1) is 5.52 Å². The van der Waals surface area contributed by atoms with E-state index >= 15 is 0 Å². The van der Waals surface area contributed by atoms with Gasteiger partial charge < -0.3 is 4.42 Å². The van der Waals surface area contributed by atoms with Gasteiger partial charge in [0.25, 0.3) is 0 Å². The van der Waals surface area contributed by atoms with Crippen molar-refractivity contribution in [3.05, 3.63) is 64.7 Å². The van der Waals surface area contributed by atoms with E-state index in [1.54, 1.807) is 6.20 Å². The number of nitrogens with one attached hydrogen (secondary N) is 1. The van der Waals surface area contributed by atoms with Crippen LogP contribution in [-0.4, -0.2) is 4.98 Å². The van der Waals surface area contributed by atoms with Crippen molar-refractivity contribution in [2.24, 2.45) is 5.84 Å². The molecule has 0 fully saturated rings. The molecule has 2 heterocycles. The first-order valence-corrected chi connectivity index (χ1v) is 6.64. The van der Waals surface area contributed by atoms with E-state index in [-0.39, 0.29) is 6.04 Å². The Labute approximate surface area is 118 Å². The van der Waals surface area contributed by atoms with Crippen LogP contribution >= 0.6 is 15.9 Å². The molecule has 3 N–H and O–H groups in total. The van der Waals surface area contributed by atoms with Crippen LogP contribution < -0.4 is 11.3 Å². The van der Waals surface area contributed by atoms with Gasteiger partial charge in [-0.15, -0.1) is 0 Å². The van der Waals surface area contributed by atoms with Crippen LogP contribution in [0, 0.1) is 0 Å². The molecule has 19 heavy (non-hydrogen) atoms. The molecule has 1 aromatic carbocycles. The van der Waals surface area contributed by atoms with Crippen LogP contribution in [-0.2, 0) is 0 Å². The van der Waals surface area contributed by atoms with Crippen LogP contribution in [0.5, 0.6) is 0 Å². The maximum absolute atomic E-state index is 5.68. The quantitative estimate of drug-likeness (QED) is 0.575. The minimum atomic E-state index is -0.232. The number of para-hydroxylation sites is 1. The summed E-state index contributed by atoms with van der Waals surface area (Å²) >= 11 is 3.30. The molecule has 0 bridgehead atoms. The molecule has 5 heteroatoms. The Balaban J connectivity index is 2.16. The van der Waals surface area contributed by atoms with Crippen LogP contribution in [0.25, 0.3) is 10.9 Å². The van der Waals surface area contributed by atoms with Gasteiger partial charge in [-0.3, -0.25) is 10.8 Å². The van der Waals surface area contributed by atoms with E-state index in [0.29, 0.717) is 4.67 Å². The summed E-state index contributed by atoms with van der Waals surface area (Å²) in [5.74, 6) is 6.43. The number of hydrazine groups is 1. The zero-order valence-corrected chi connectivity index (χ0v) is 11.6. The SMILES string of the molecule is NNC(c1ccc(Br)o1)c1cccc2cccnc12. The third kappa shape index (κ3) is 2.28. The van der Waals surface area contributed by atoms with E-state index in [1.807, 2.05) is 42.5 Å². The van der Waals surface area contributed by atoms with Crippen molar-refractivity contribution in [1.82, 2.24) is 10.4 Å². The van der Waals surface area contributed by atoms with E-state index < -0.39 is 0 Å². The standard InChI is InChI=1S/C14H12BrN3O/c15-12-7-6-11(19-12)14(18-16)10-5-1-3-9-4-2-8-17-13(9)10/h1-8,14,18H,16H2. The van der Waals surface area contributed by atoms with Crippen LogP contribution in [0.4, 0.5) is 0 Å². The number of pyridine rings is 1. The largest absolute Gasteiger partial charge is 0.452 e. The second-order valence-corrected chi connectivity index (χ2v) is 4.95. The number of nitrogens with zero attached hydrogens (tertiary/aromatic N) is 1. The van der Waals surface area contributed by atoms with Crippen LogP contribution in [0.15, 0.2) is 57.7 Å². The van der Waals surface area contributed by atoms with Crippen molar-refractivity contribution in [2.45, 2.75) is 6.04 Å². The molecule has 4 nitrogen and oxygen atoms in total. The molecule has 2 aromatic heterocycles. The van der Waals surface area contributed by atoms with Crippen molar-refractivity contribution in [1.29, 1.82) is 0 Å². The molecule has 96 valence electrons. The molecular weight excluding hydrogens is 306 g/mol. The zero-order valence-electron chi connectivity index (χ0n) is 10.0. The highest BCUT2D eigenvalue weighted by Crippen LogP contribution is 2.29. The predicted octanol–water partition coefficient (Wildman–Crippen LogP) is 3.14. The summed E-state index contributed by atoms with van der Waals surface area (Å²) in [6, 6.07) is 13.5. The zero-order chi connectivity index (χ0) is 13.2. The van der Waals surface area contributed by atoms with Gasteiger partial charge in [-0.2, -0.15) is 0 Å². The second kappa shape index (κ2) is 5.13. The number of hydrogen-bond donors (Lipinski definition) is 2. The smallest absolute Gasteiger partial charge is 0.169 e. The van der Waals surface area contributed by atoms with Gasteiger partial charge in [-0.05, 0) is 34.1 Å². The number of aromatic nitrogens is 1. The first kappa shape index (κ1) is 12.3. The lowest BCUT2D eigenvalue weighted by Gasteiger charge is -2.15. The molecule has 3 rings (SSSR count). The number of halogens is 1. The lowest BCUT2D eigenvalue weighted by atomic mass is 10.0. The Bertz CT molecular complexity index is 705. The third-order valence-corrected chi connectivity index (χ3v) is 3.45. The van der Waals surface area contributed by atoms with Crippen LogP contribution in [0.1, 0.15) is 17.4 Å². The monoisotopic (exact) mass is 317 g/mol. The number of furan rings is 1. The fourth-order valence-electron chi connectivity index (χ4n) is 2.17. The third-order valence-electron chi connectivity index (χ3n) is 3.02. The normalized spacial score (nSPS) is 12.7. The molecule has 1 unspecified atom stereocenters. The van der Waals surface area contributed by atoms with Crippen molar-refractivity contribution < 1.29 is 4.42 Å². The van der Waals surface area contributed by atoms with Crippen molar-refractivity contribution in [2.75, 3.05) is 0 Å². The van der Waals surface area contributed by atoms with E-state index in [9.17, 15) is 0 Å². The molecule has 0 aliphatic carbocycles. The average molecular weight is 318 g/mol. The summed E-state index contributed by atoms with van der Waals surface area (Å²) in [4.78, 5) is 4.43. The summed E-state index contributed by atoms with van der Waals surface area (Å²) < 4.78 is 6.26. The summed E-state index contributed by atoms with van der Waals surface area (Å²) in [5, 5.41) is 1.07. The minimum Gasteiger partial charge on any atom is -0.452 e. The minimum absolute atomic E-state index is 0.232. The number of nitrogens with two attached hydrogens (primary N) is 1. The molecule has 1 atom stereocenters. The van der Waals surface area contributed by atoms with E-state index in [2.05, 4.69) is 26.3 Å². The first-order valence-electron chi connectivity index (χ1n) is 5.84. The molecule has 0 spiro atoms. The summed E-state index contributed by atoms with van der Waals surface area (Å²) in [6.45, 7) is 0. The van der Waals surface area contributed by atoms with Crippen molar-refractivity contribution in [3.8, 4) is 0 Å². The maximum atomic E-state index is 5.68. The summed E-state index contributed by atoms with van der Waals surface area (Å²) in [6.07, 6.45) is 1.78. The molecule has 0 amide bonds. The Morgan fingerprint density at radius 3 is 2.74 bits per heavy atom. The second-order valence-electron chi connectivity index (χ2n) is 4.16. The van der Waals surface area contributed by atoms with E-state index in [0.717, 1.165) is 22.2 Å². The van der Waals surface area contributed by atoms with Gasteiger partial charge >= 0.3 is 0 Å². The highest BCUT2D eigenvalue weighted by molar-refractivity contribution is 9.10. The van der Waals surface area contributed by atoms with E-state index in [1.165, 1.54) is 0 Å². The first-order chi connectivity index (χ1) is 9.29. The number of fused-ring (bicyclic) bond motifs is 1. The Kier molecular flexibility index (Phi) is 3.33. The van der Waals surface area contributed by atoms with Crippen molar-refractivity contribution in [3.63, 3.8) is 0 Å². The topological polar surface area (TPSA) is 64.1 Å². The van der Waals surface area contributed by atoms with Gasteiger partial charge in [-0.25, -0.2) is 5.43 Å². The molecule has 0 aliphatic rings. The lowest BCUT2D eigenvalue weighted by Crippen LogP contribution is -2.28. The summed E-state index contributed by atoms with van der Waals surface area (Å²) in [5.41, 5.74) is 4.69. The Morgan fingerprint density at radius 2 is 2.00 bits per heavy atom. The number of rotatable bonds is 3. The molecule has 0 aliphatic heterocycles.